The molecule has 0 bridgehead atoms. The Morgan fingerprint density at radius 2 is 2.07 bits per heavy atom. The normalized spacial score (nSPS) is 15.1. The maximum absolute atomic E-state index is 5.40. The summed E-state index contributed by atoms with van der Waals surface area (Å²) in [5.74, 6) is 4.16. The zero-order valence-electron chi connectivity index (χ0n) is 16.4. The number of nitrogens with one attached hydrogen (secondary N) is 2. The fraction of sp³-hybridized carbons (Fsp3) is 0.409. The average Bonchev–Trinajstić information content (AvgIpc) is 3.28. The van der Waals surface area contributed by atoms with Crippen molar-refractivity contribution < 1.29 is 4.74 Å². The average molecular weight is 397 g/mol. The Hall–Kier alpha value is -2.65. The summed E-state index contributed by atoms with van der Waals surface area (Å²) in [5, 5.41) is 10.5. The van der Waals surface area contributed by atoms with Crippen LogP contribution >= 0.6 is 11.3 Å². The Balaban J connectivity index is 1.37. The molecule has 1 saturated heterocycles. The first-order chi connectivity index (χ1) is 13.8. The van der Waals surface area contributed by atoms with Crippen molar-refractivity contribution in [3.63, 3.8) is 0 Å². The number of thiophene rings is 1. The van der Waals surface area contributed by atoms with Gasteiger partial charge in [-0.05, 0) is 54.5 Å². The van der Waals surface area contributed by atoms with E-state index in [9.17, 15) is 0 Å². The Labute approximate surface area is 171 Å². The van der Waals surface area contributed by atoms with Crippen LogP contribution in [0.1, 0.15) is 18.4 Å². The first kappa shape index (κ1) is 20.1. The van der Waals surface area contributed by atoms with Crippen LogP contribution in [0.5, 0.6) is 5.75 Å². The van der Waals surface area contributed by atoms with Gasteiger partial charge in [0.15, 0.2) is 5.96 Å². The fourth-order valence-electron chi connectivity index (χ4n) is 3.28. The highest BCUT2D eigenvalue weighted by molar-refractivity contribution is 7.14. The second-order valence-corrected chi connectivity index (χ2v) is 7.67. The van der Waals surface area contributed by atoms with Gasteiger partial charge in [-0.1, -0.05) is 18.1 Å². The van der Waals surface area contributed by atoms with Crippen LogP contribution in [0.15, 0.2) is 46.8 Å². The summed E-state index contributed by atoms with van der Waals surface area (Å²) < 4.78 is 5.40. The third-order valence-electron chi connectivity index (χ3n) is 4.83. The maximum atomic E-state index is 5.40. The number of nitrogens with zero attached hydrogens (tertiary/aromatic N) is 2. The van der Waals surface area contributed by atoms with E-state index in [4.69, 9.17) is 11.2 Å². The second-order valence-electron chi connectivity index (χ2n) is 6.74. The van der Waals surface area contributed by atoms with Crippen LogP contribution in [0.2, 0.25) is 0 Å². The molecule has 0 atom stereocenters. The highest BCUT2D eigenvalue weighted by atomic mass is 32.1. The lowest BCUT2D eigenvalue weighted by Gasteiger charge is -2.33. The lowest BCUT2D eigenvalue weighted by Crippen LogP contribution is -2.49. The lowest BCUT2D eigenvalue weighted by molar-refractivity contribution is 0.370. The van der Waals surface area contributed by atoms with Gasteiger partial charge in [-0.2, -0.15) is 0 Å². The second kappa shape index (κ2) is 10.6. The molecule has 3 rings (SSSR count). The third kappa shape index (κ3) is 5.93. The van der Waals surface area contributed by atoms with Gasteiger partial charge in [0.25, 0.3) is 0 Å². The summed E-state index contributed by atoms with van der Waals surface area (Å²) in [4.78, 5) is 6.84. The number of hydrogen-bond acceptors (Lipinski definition) is 4. The zero-order valence-corrected chi connectivity index (χ0v) is 17.2. The van der Waals surface area contributed by atoms with Crippen molar-refractivity contribution in [2.24, 2.45) is 4.99 Å². The van der Waals surface area contributed by atoms with Gasteiger partial charge in [-0.15, -0.1) is 17.8 Å². The molecular weight excluding hydrogens is 368 g/mol. The number of benzene rings is 1. The van der Waals surface area contributed by atoms with E-state index in [0.29, 0.717) is 12.6 Å². The van der Waals surface area contributed by atoms with Crippen molar-refractivity contribution in [2.45, 2.75) is 25.3 Å². The SMILES string of the molecule is C#CCOc1ccc(CCNC(=NC)NC2CCN(c3cccs3)CC2)cc1. The van der Waals surface area contributed by atoms with E-state index in [0.717, 1.165) is 50.6 Å². The molecule has 0 spiro atoms. The summed E-state index contributed by atoms with van der Waals surface area (Å²) in [6.07, 6.45) is 8.38. The van der Waals surface area contributed by atoms with Crippen LogP contribution in [-0.4, -0.2) is 45.3 Å². The van der Waals surface area contributed by atoms with Crippen molar-refractivity contribution in [3.05, 3.63) is 47.3 Å². The smallest absolute Gasteiger partial charge is 0.191 e. The molecule has 2 N–H and O–H groups in total. The standard InChI is InChI=1S/C22H28N4OS/c1-3-16-27-20-8-6-18(7-9-20)10-13-24-22(23-2)25-19-11-14-26(15-12-19)21-5-4-17-28-21/h1,4-9,17,19H,10-16H2,2H3,(H2,23,24,25). The van der Waals surface area contributed by atoms with E-state index < -0.39 is 0 Å². The van der Waals surface area contributed by atoms with E-state index in [1.807, 2.05) is 30.5 Å². The minimum Gasteiger partial charge on any atom is -0.481 e. The van der Waals surface area contributed by atoms with Crippen LogP contribution in [-0.2, 0) is 6.42 Å². The molecule has 1 aliphatic rings. The van der Waals surface area contributed by atoms with Gasteiger partial charge in [-0.25, -0.2) is 0 Å². The van der Waals surface area contributed by atoms with E-state index in [1.54, 1.807) is 0 Å². The van der Waals surface area contributed by atoms with Gasteiger partial charge in [0.2, 0.25) is 0 Å². The topological polar surface area (TPSA) is 48.9 Å². The van der Waals surface area contributed by atoms with Gasteiger partial charge in [-0.3, -0.25) is 4.99 Å². The Morgan fingerprint density at radius 3 is 2.71 bits per heavy atom. The molecule has 1 fully saturated rings. The molecule has 0 aliphatic carbocycles. The van der Waals surface area contributed by atoms with Crippen LogP contribution in [0.3, 0.4) is 0 Å². The van der Waals surface area contributed by atoms with Gasteiger partial charge in [0, 0.05) is 32.7 Å². The molecule has 0 unspecified atom stereocenters. The fourth-order valence-corrected chi connectivity index (χ4v) is 4.07. The van der Waals surface area contributed by atoms with E-state index in [1.165, 1.54) is 10.6 Å². The molecule has 1 aromatic carbocycles. The Bertz CT molecular complexity index is 772. The summed E-state index contributed by atoms with van der Waals surface area (Å²) in [6, 6.07) is 12.9. The van der Waals surface area contributed by atoms with Crippen LogP contribution in [0.4, 0.5) is 5.00 Å². The van der Waals surface area contributed by atoms with Crippen LogP contribution < -0.4 is 20.3 Å². The monoisotopic (exact) mass is 396 g/mol. The van der Waals surface area contributed by atoms with Crippen LogP contribution in [0, 0.1) is 12.3 Å². The maximum Gasteiger partial charge on any atom is 0.191 e. The first-order valence-corrected chi connectivity index (χ1v) is 10.6. The number of terminal acetylenes is 1. The molecule has 1 aromatic heterocycles. The minimum atomic E-state index is 0.301. The van der Waals surface area contributed by atoms with Crippen molar-refractivity contribution in [1.29, 1.82) is 0 Å². The number of hydrogen-bond donors (Lipinski definition) is 2. The molecular formula is C22H28N4OS. The van der Waals surface area contributed by atoms with Crippen molar-refractivity contribution >= 4 is 22.3 Å². The zero-order chi connectivity index (χ0) is 19.6. The Morgan fingerprint density at radius 1 is 1.29 bits per heavy atom. The van der Waals surface area contributed by atoms with E-state index in [-0.39, 0.29) is 0 Å². The van der Waals surface area contributed by atoms with Gasteiger partial charge in [0.05, 0.1) is 5.00 Å². The van der Waals surface area contributed by atoms with Gasteiger partial charge < -0.3 is 20.3 Å². The molecule has 148 valence electrons. The van der Waals surface area contributed by atoms with Crippen LogP contribution in [0.25, 0.3) is 0 Å². The lowest BCUT2D eigenvalue weighted by atomic mass is 10.1. The highest BCUT2D eigenvalue weighted by Gasteiger charge is 2.20. The number of ether oxygens (including phenoxy) is 1. The van der Waals surface area contributed by atoms with E-state index in [2.05, 4.69) is 56.1 Å². The Kier molecular flexibility index (Phi) is 7.62. The van der Waals surface area contributed by atoms with Crippen molar-refractivity contribution in [2.75, 3.05) is 38.2 Å². The third-order valence-corrected chi connectivity index (χ3v) is 5.76. The predicted molar refractivity (Wildman–Crippen MR) is 119 cm³/mol. The quantitative estimate of drug-likeness (QED) is 0.429. The summed E-state index contributed by atoms with van der Waals surface area (Å²) in [6.45, 7) is 3.31. The van der Waals surface area contributed by atoms with Crippen molar-refractivity contribution in [1.82, 2.24) is 10.6 Å². The summed E-state index contributed by atoms with van der Waals surface area (Å²) >= 11 is 1.82. The first-order valence-electron chi connectivity index (χ1n) is 9.69. The summed E-state index contributed by atoms with van der Waals surface area (Å²) in [7, 11) is 1.83. The van der Waals surface area contributed by atoms with E-state index >= 15 is 0 Å². The van der Waals surface area contributed by atoms with Gasteiger partial charge in [0.1, 0.15) is 12.4 Å². The number of piperidine rings is 1. The predicted octanol–water partition coefficient (Wildman–Crippen LogP) is 3.14. The molecule has 0 radical (unpaired) electrons. The number of rotatable bonds is 7. The molecule has 5 nitrogen and oxygen atoms in total. The minimum absolute atomic E-state index is 0.301. The number of aliphatic imine (C=N–C) groups is 1. The molecule has 0 amide bonds. The molecule has 0 saturated carbocycles. The molecule has 28 heavy (non-hydrogen) atoms. The molecule has 2 aromatic rings. The number of guanidine groups is 1. The molecule has 2 heterocycles. The largest absolute Gasteiger partial charge is 0.481 e. The van der Waals surface area contributed by atoms with Crippen molar-refractivity contribution in [3.8, 4) is 18.1 Å². The highest BCUT2D eigenvalue weighted by Crippen LogP contribution is 2.24. The number of anilines is 1. The van der Waals surface area contributed by atoms with Gasteiger partial charge >= 0.3 is 0 Å². The molecule has 1 aliphatic heterocycles. The molecule has 6 heteroatoms. The summed E-state index contributed by atoms with van der Waals surface area (Å²) in [5.41, 5.74) is 1.25.